The molecule has 1 amide bonds. The van der Waals surface area contributed by atoms with E-state index in [0.717, 1.165) is 19.5 Å². The highest BCUT2D eigenvalue weighted by molar-refractivity contribution is 6.30. The van der Waals surface area contributed by atoms with E-state index in [1.54, 1.807) is 0 Å². The number of nitrogens with one attached hydrogen (secondary N) is 3. The summed E-state index contributed by atoms with van der Waals surface area (Å²) in [4.78, 5) is 26.3. The molecule has 6 nitrogen and oxygen atoms in total. The molecule has 0 bridgehead atoms. The summed E-state index contributed by atoms with van der Waals surface area (Å²) in [6.07, 6.45) is 2.16. The number of carbonyl (C=O) groups excluding carboxylic acids is 1. The lowest BCUT2D eigenvalue weighted by atomic mass is 9.77. The lowest BCUT2D eigenvalue weighted by molar-refractivity contribution is 0.0461. The topological polar surface area (TPSA) is 94.2 Å². The summed E-state index contributed by atoms with van der Waals surface area (Å²) in [6, 6.07) is 1.02. The van der Waals surface area contributed by atoms with Crippen LogP contribution in [0, 0.1) is 11.8 Å². The van der Waals surface area contributed by atoms with Crippen LogP contribution < -0.4 is 16.2 Å². The molecule has 1 saturated carbocycles. The number of rotatable bonds is 2. The summed E-state index contributed by atoms with van der Waals surface area (Å²) in [5.41, 5.74) is -0.510. The van der Waals surface area contributed by atoms with Gasteiger partial charge in [0, 0.05) is 6.20 Å². The second-order valence-electron chi connectivity index (χ2n) is 5.86. The highest BCUT2D eigenvalue weighted by Gasteiger charge is 2.39. The number of halogens is 1. The maximum atomic E-state index is 12.2. The van der Waals surface area contributed by atoms with Crippen molar-refractivity contribution >= 4 is 17.5 Å². The zero-order chi connectivity index (χ0) is 15.0. The molecule has 0 unspecified atom stereocenters. The Balaban J connectivity index is 1.72. The van der Waals surface area contributed by atoms with Crippen LogP contribution in [0.2, 0.25) is 5.02 Å². The Morgan fingerprint density at radius 3 is 2.81 bits per heavy atom. The zero-order valence-corrected chi connectivity index (χ0v) is 12.2. The number of amides is 1. The van der Waals surface area contributed by atoms with Gasteiger partial charge in [0.15, 0.2) is 0 Å². The first-order valence-electron chi connectivity index (χ1n) is 7.12. The molecule has 3 rings (SSSR count). The number of aromatic amines is 1. The van der Waals surface area contributed by atoms with Gasteiger partial charge in [0.25, 0.3) is 11.5 Å². The number of hydrogen-bond donors (Lipinski definition) is 4. The monoisotopic (exact) mass is 311 g/mol. The standard InChI is InChI=1S/C14H18ClN3O3/c15-9-3-10(13(20)17-6-9)14(21)18-11-1-7-4-16-5-8(7)2-12(11)19/h3,6-8,11-12,16,19H,1-2,4-5H2,(H,17,20)(H,18,21)/t7-,8+,11-,12-/m0/s1. The van der Waals surface area contributed by atoms with E-state index in [2.05, 4.69) is 15.6 Å². The first kappa shape index (κ1) is 14.6. The van der Waals surface area contributed by atoms with Crippen molar-refractivity contribution in [3.8, 4) is 0 Å². The van der Waals surface area contributed by atoms with Crippen molar-refractivity contribution in [2.24, 2.45) is 11.8 Å². The maximum Gasteiger partial charge on any atom is 0.260 e. The van der Waals surface area contributed by atoms with Gasteiger partial charge < -0.3 is 20.7 Å². The van der Waals surface area contributed by atoms with Gasteiger partial charge >= 0.3 is 0 Å². The van der Waals surface area contributed by atoms with E-state index in [1.165, 1.54) is 12.3 Å². The average molecular weight is 312 g/mol. The highest BCUT2D eigenvalue weighted by Crippen LogP contribution is 2.32. The van der Waals surface area contributed by atoms with Gasteiger partial charge in [-0.2, -0.15) is 0 Å². The summed E-state index contributed by atoms with van der Waals surface area (Å²) >= 11 is 5.80. The van der Waals surface area contributed by atoms with E-state index >= 15 is 0 Å². The lowest BCUT2D eigenvalue weighted by Gasteiger charge is -2.35. The Bertz CT molecular complexity index is 603. The molecule has 4 atom stereocenters. The summed E-state index contributed by atoms with van der Waals surface area (Å²) in [7, 11) is 0. The quantitative estimate of drug-likeness (QED) is 0.624. The van der Waals surface area contributed by atoms with Gasteiger partial charge in [0.2, 0.25) is 0 Å². The minimum atomic E-state index is -0.576. The number of aliphatic hydroxyl groups is 1. The molecule has 4 N–H and O–H groups in total. The molecule has 7 heteroatoms. The molecular formula is C14H18ClN3O3. The van der Waals surface area contributed by atoms with Crippen LogP contribution >= 0.6 is 11.6 Å². The first-order chi connectivity index (χ1) is 10.0. The van der Waals surface area contributed by atoms with Crippen molar-refractivity contribution in [3.05, 3.63) is 33.2 Å². The van der Waals surface area contributed by atoms with E-state index in [1.807, 2.05) is 0 Å². The number of aromatic nitrogens is 1. The van der Waals surface area contributed by atoms with E-state index < -0.39 is 17.6 Å². The predicted octanol–water partition coefficient (Wildman–Crippen LogP) is 0.117. The van der Waals surface area contributed by atoms with Crippen LogP contribution in [0.1, 0.15) is 23.2 Å². The van der Waals surface area contributed by atoms with E-state index in [9.17, 15) is 14.7 Å². The molecule has 1 aliphatic carbocycles. The van der Waals surface area contributed by atoms with Crippen molar-refractivity contribution in [2.45, 2.75) is 25.0 Å². The van der Waals surface area contributed by atoms with Crippen molar-refractivity contribution in [1.82, 2.24) is 15.6 Å². The van der Waals surface area contributed by atoms with Crippen molar-refractivity contribution in [3.63, 3.8) is 0 Å². The van der Waals surface area contributed by atoms with Crippen LogP contribution in [0.25, 0.3) is 0 Å². The summed E-state index contributed by atoms with van der Waals surface area (Å²) < 4.78 is 0. The lowest BCUT2D eigenvalue weighted by Crippen LogP contribution is -2.50. The second-order valence-corrected chi connectivity index (χ2v) is 6.29. The molecule has 0 spiro atoms. The van der Waals surface area contributed by atoms with E-state index in [4.69, 9.17) is 11.6 Å². The number of aliphatic hydroxyl groups excluding tert-OH is 1. The molecule has 1 aliphatic heterocycles. The molecule has 1 aromatic heterocycles. The normalized spacial score (nSPS) is 31.7. The minimum absolute atomic E-state index is 0.0265. The van der Waals surface area contributed by atoms with E-state index in [-0.39, 0.29) is 11.6 Å². The Morgan fingerprint density at radius 2 is 2.05 bits per heavy atom. The Kier molecular flexibility index (Phi) is 4.01. The number of carbonyl (C=O) groups is 1. The largest absolute Gasteiger partial charge is 0.391 e. The van der Waals surface area contributed by atoms with Crippen molar-refractivity contribution in [1.29, 1.82) is 0 Å². The molecule has 2 heterocycles. The number of pyridine rings is 1. The molecule has 114 valence electrons. The van der Waals surface area contributed by atoms with Gasteiger partial charge in [0.05, 0.1) is 17.2 Å². The molecule has 2 aliphatic rings. The molecule has 1 saturated heterocycles. The van der Waals surface area contributed by atoms with Crippen molar-refractivity contribution < 1.29 is 9.90 Å². The Hall–Kier alpha value is -1.37. The summed E-state index contributed by atoms with van der Waals surface area (Å²) in [5, 5.41) is 16.6. The highest BCUT2D eigenvalue weighted by atomic mass is 35.5. The fraction of sp³-hybridized carbons (Fsp3) is 0.571. The SMILES string of the molecule is O=C(N[C@H]1C[C@H]2CNC[C@H]2C[C@@H]1O)c1cc(Cl)c[nH]c1=O. The average Bonchev–Trinajstić information content (AvgIpc) is 2.88. The predicted molar refractivity (Wildman–Crippen MR) is 78.4 cm³/mol. The molecular weight excluding hydrogens is 294 g/mol. The summed E-state index contributed by atoms with van der Waals surface area (Å²) in [5.74, 6) is 0.450. The number of hydrogen-bond acceptors (Lipinski definition) is 4. The molecule has 2 fully saturated rings. The van der Waals surface area contributed by atoms with Crippen LogP contribution in [-0.2, 0) is 0 Å². The number of H-pyrrole nitrogens is 1. The fourth-order valence-electron chi connectivity index (χ4n) is 3.32. The van der Waals surface area contributed by atoms with E-state index in [0.29, 0.717) is 23.3 Å². The van der Waals surface area contributed by atoms with Crippen LogP contribution in [-0.4, -0.2) is 41.2 Å². The molecule has 0 aromatic carbocycles. The minimum Gasteiger partial charge on any atom is -0.391 e. The van der Waals surface area contributed by atoms with Crippen LogP contribution in [0.5, 0.6) is 0 Å². The third kappa shape index (κ3) is 2.97. The third-order valence-electron chi connectivity index (χ3n) is 4.47. The molecule has 1 aromatic rings. The smallest absolute Gasteiger partial charge is 0.260 e. The van der Waals surface area contributed by atoms with Gasteiger partial charge in [0.1, 0.15) is 5.56 Å². The zero-order valence-electron chi connectivity index (χ0n) is 11.4. The van der Waals surface area contributed by atoms with Gasteiger partial charge in [-0.25, -0.2) is 0 Å². The third-order valence-corrected chi connectivity index (χ3v) is 4.69. The fourth-order valence-corrected chi connectivity index (χ4v) is 3.49. The molecule has 21 heavy (non-hydrogen) atoms. The maximum absolute atomic E-state index is 12.2. The number of fused-ring (bicyclic) bond motifs is 1. The second kappa shape index (κ2) is 5.79. The van der Waals surface area contributed by atoms with Gasteiger partial charge in [-0.1, -0.05) is 11.6 Å². The van der Waals surface area contributed by atoms with Crippen LogP contribution in [0.15, 0.2) is 17.1 Å². The van der Waals surface area contributed by atoms with Crippen LogP contribution in [0.3, 0.4) is 0 Å². The molecule has 0 radical (unpaired) electrons. The van der Waals surface area contributed by atoms with Crippen LogP contribution in [0.4, 0.5) is 0 Å². The Morgan fingerprint density at radius 1 is 1.33 bits per heavy atom. The summed E-state index contributed by atoms with van der Waals surface area (Å²) in [6.45, 7) is 1.85. The van der Waals surface area contributed by atoms with Gasteiger partial charge in [-0.3, -0.25) is 9.59 Å². The Labute approximate surface area is 126 Å². The van der Waals surface area contributed by atoms with Crippen molar-refractivity contribution in [2.75, 3.05) is 13.1 Å². The van der Waals surface area contributed by atoms with Gasteiger partial charge in [-0.05, 0) is 43.8 Å². The first-order valence-corrected chi connectivity index (χ1v) is 7.50. The van der Waals surface area contributed by atoms with Gasteiger partial charge in [-0.15, -0.1) is 0 Å².